The van der Waals surface area contributed by atoms with Crippen LogP contribution >= 0.6 is 0 Å². The summed E-state index contributed by atoms with van der Waals surface area (Å²) in [5.74, 6) is 0.315. The molecule has 2 heterocycles. The number of halogens is 1. The number of rotatable bonds is 5. The Kier molecular flexibility index (Phi) is 6.83. The lowest BCUT2D eigenvalue weighted by Gasteiger charge is -2.38. The smallest absolute Gasteiger partial charge is 0.253 e. The minimum Gasteiger partial charge on any atom is -0.342 e. The quantitative estimate of drug-likeness (QED) is 0.860. The predicted molar refractivity (Wildman–Crippen MR) is 103 cm³/mol. The summed E-state index contributed by atoms with van der Waals surface area (Å²) in [4.78, 5) is 29.4. The Morgan fingerprint density at radius 2 is 1.78 bits per heavy atom. The van der Waals surface area contributed by atoms with E-state index in [0.717, 1.165) is 45.3 Å². The van der Waals surface area contributed by atoms with Crippen LogP contribution in [0, 0.1) is 17.7 Å². The summed E-state index contributed by atoms with van der Waals surface area (Å²) < 4.78 is 13.1. The Labute approximate surface area is 160 Å². The maximum Gasteiger partial charge on any atom is 0.253 e. The normalized spacial score (nSPS) is 21.3. The molecule has 0 bridgehead atoms. The monoisotopic (exact) mass is 375 g/mol. The van der Waals surface area contributed by atoms with Crippen molar-refractivity contribution in [2.75, 3.05) is 39.8 Å². The van der Waals surface area contributed by atoms with Gasteiger partial charge >= 0.3 is 0 Å². The van der Waals surface area contributed by atoms with E-state index >= 15 is 0 Å². The lowest BCUT2D eigenvalue weighted by atomic mass is 9.91. The van der Waals surface area contributed by atoms with Gasteiger partial charge in [-0.05, 0) is 75.9 Å². The number of likely N-dealkylation sites (tertiary alicyclic amines) is 2. The first-order chi connectivity index (χ1) is 13.1. The van der Waals surface area contributed by atoms with Crippen LogP contribution in [0.5, 0.6) is 0 Å². The number of carbonyl (C=O) groups excluding carboxylic acids is 2. The zero-order valence-electron chi connectivity index (χ0n) is 16.1. The fourth-order valence-corrected chi connectivity index (χ4v) is 4.19. The first-order valence-electron chi connectivity index (χ1n) is 10.1. The van der Waals surface area contributed by atoms with Crippen molar-refractivity contribution in [1.82, 2.24) is 15.1 Å². The number of benzene rings is 1. The van der Waals surface area contributed by atoms with Gasteiger partial charge in [-0.1, -0.05) is 0 Å². The molecule has 2 aliphatic rings. The number of piperidine rings is 2. The lowest BCUT2D eigenvalue weighted by Crippen LogP contribution is -2.48. The molecule has 1 aromatic rings. The van der Waals surface area contributed by atoms with Crippen molar-refractivity contribution in [1.29, 1.82) is 0 Å². The summed E-state index contributed by atoms with van der Waals surface area (Å²) in [5, 5.41) is 3.19. The van der Waals surface area contributed by atoms with Crippen LogP contribution in [0.1, 0.15) is 42.5 Å². The van der Waals surface area contributed by atoms with Gasteiger partial charge in [0.2, 0.25) is 5.91 Å². The molecular formula is C21H30FN3O2. The minimum absolute atomic E-state index is 0.113. The van der Waals surface area contributed by atoms with Gasteiger partial charge in [-0.3, -0.25) is 9.59 Å². The number of carbonyl (C=O) groups is 2. The Balaban J connectivity index is 1.54. The second-order valence-corrected chi connectivity index (χ2v) is 7.76. The Hall–Kier alpha value is -1.95. The molecule has 1 unspecified atom stereocenters. The van der Waals surface area contributed by atoms with E-state index in [-0.39, 0.29) is 23.5 Å². The average molecular weight is 375 g/mol. The molecule has 0 aliphatic carbocycles. The average Bonchev–Trinajstić information content (AvgIpc) is 2.72. The summed E-state index contributed by atoms with van der Waals surface area (Å²) >= 11 is 0. The predicted octanol–water partition coefficient (Wildman–Crippen LogP) is 2.53. The highest BCUT2D eigenvalue weighted by molar-refractivity contribution is 5.94. The largest absolute Gasteiger partial charge is 0.342 e. The molecule has 1 aromatic carbocycles. The first-order valence-corrected chi connectivity index (χ1v) is 10.1. The topological polar surface area (TPSA) is 52.7 Å². The summed E-state index contributed by atoms with van der Waals surface area (Å²) in [7, 11) is 1.97. The highest BCUT2D eigenvalue weighted by atomic mass is 19.1. The maximum atomic E-state index is 13.1. The highest BCUT2D eigenvalue weighted by Crippen LogP contribution is 2.25. The number of hydrogen-bond acceptors (Lipinski definition) is 3. The standard InChI is InChI=1S/C21H30FN3O2/c1-23-11-8-16-9-13-24(14-10-16)21(27)18-3-2-12-25(15-18)20(26)17-4-6-19(22)7-5-17/h4-7,16,18,23H,2-3,8-15H2,1H3. The van der Waals surface area contributed by atoms with Crippen molar-refractivity contribution < 1.29 is 14.0 Å². The van der Waals surface area contributed by atoms with E-state index in [9.17, 15) is 14.0 Å². The number of nitrogens with zero attached hydrogens (tertiary/aromatic N) is 2. The molecule has 5 nitrogen and oxygen atoms in total. The lowest BCUT2D eigenvalue weighted by molar-refractivity contribution is -0.138. The molecule has 3 rings (SSSR count). The third-order valence-corrected chi connectivity index (χ3v) is 5.88. The molecule has 2 aliphatic heterocycles. The molecule has 0 aromatic heterocycles. The van der Waals surface area contributed by atoms with Crippen LogP contribution in [0.4, 0.5) is 4.39 Å². The fourth-order valence-electron chi connectivity index (χ4n) is 4.19. The molecule has 1 N–H and O–H groups in total. The summed E-state index contributed by atoms with van der Waals surface area (Å²) in [6.07, 6.45) is 4.98. The number of amides is 2. The van der Waals surface area contributed by atoms with E-state index in [0.29, 0.717) is 24.6 Å². The summed E-state index contributed by atoms with van der Waals surface area (Å²) in [6, 6.07) is 5.63. The van der Waals surface area contributed by atoms with Gasteiger partial charge < -0.3 is 15.1 Å². The van der Waals surface area contributed by atoms with Crippen LogP contribution in [0.3, 0.4) is 0 Å². The number of hydrogen-bond donors (Lipinski definition) is 1. The first kappa shape index (κ1) is 19.8. The van der Waals surface area contributed by atoms with Crippen LogP contribution < -0.4 is 5.32 Å². The van der Waals surface area contributed by atoms with Crippen LogP contribution in [0.15, 0.2) is 24.3 Å². The Bertz CT molecular complexity index is 641. The van der Waals surface area contributed by atoms with E-state index in [1.54, 1.807) is 4.90 Å². The van der Waals surface area contributed by atoms with Gasteiger partial charge in [0, 0.05) is 31.7 Å². The molecule has 1 atom stereocenters. The summed E-state index contributed by atoms with van der Waals surface area (Å²) in [5.41, 5.74) is 0.481. The second kappa shape index (κ2) is 9.31. The van der Waals surface area contributed by atoms with E-state index < -0.39 is 0 Å². The van der Waals surface area contributed by atoms with Gasteiger partial charge in [-0.25, -0.2) is 4.39 Å². The van der Waals surface area contributed by atoms with E-state index in [2.05, 4.69) is 5.32 Å². The van der Waals surface area contributed by atoms with Crippen LogP contribution in [-0.2, 0) is 4.79 Å². The van der Waals surface area contributed by atoms with Crippen molar-refractivity contribution in [3.05, 3.63) is 35.6 Å². The third-order valence-electron chi connectivity index (χ3n) is 5.88. The molecule has 2 amide bonds. The van der Waals surface area contributed by atoms with Crippen molar-refractivity contribution in [2.24, 2.45) is 11.8 Å². The van der Waals surface area contributed by atoms with Crippen molar-refractivity contribution >= 4 is 11.8 Å². The molecule has 27 heavy (non-hydrogen) atoms. The maximum absolute atomic E-state index is 13.1. The van der Waals surface area contributed by atoms with Crippen molar-refractivity contribution in [2.45, 2.75) is 32.1 Å². The molecule has 0 saturated carbocycles. The molecule has 2 saturated heterocycles. The second-order valence-electron chi connectivity index (χ2n) is 7.76. The zero-order valence-corrected chi connectivity index (χ0v) is 16.1. The van der Waals surface area contributed by atoms with Gasteiger partial charge in [-0.15, -0.1) is 0 Å². The van der Waals surface area contributed by atoms with E-state index in [4.69, 9.17) is 0 Å². The SMILES string of the molecule is CNCCC1CCN(C(=O)C2CCCN(C(=O)c3ccc(F)cc3)C2)CC1. The molecule has 2 fully saturated rings. The van der Waals surface area contributed by atoms with Gasteiger partial charge in [-0.2, -0.15) is 0 Å². The van der Waals surface area contributed by atoms with Crippen LogP contribution in [0.2, 0.25) is 0 Å². The van der Waals surface area contributed by atoms with Crippen LogP contribution in [0.25, 0.3) is 0 Å². The van der Waals surface area contributed by atoms with Gasteiger partial charge in [0.15, 0.2) is 0 Å². The van der Waals surface area contributed by atoms with E-state index in [1.165, 1.54) is 30.7 Å². The van der Waals surface area contributed by atoms with Crippen molar-refractivity contribution in [3.63, 3.8) is 0 Å². The Morgan fingerprint density at radius 1 is 1.07 bits per heavy atom. The van der Waals surface area contributed by atoms with Gasteiger partial charge in [0.1, 0.15) is 5.82 Å². The van der Waals surface area contributed by atoms with Gasteiger partial charge in [0.05, 0.1) is 5.92 Å². The minimum atomic E-state index is -0.351. The fraction of sp³-hybridized carbons (Fsp3) is 0.619. The Morgan fingerprint density at radius 3 is 2.44 bits per heavy atom. The van der Waals surface area contributed by atoms with Crippen molar-refractivity contribution in [3.8, 4) is 0 Å². The molecule has 0 spiro atoms. The van der Waals surface area contributed by atoms with Gasteiger partial charge in [0.25, 0.3) is 5.91 Å². The molecular weight excluding hydrogens is 345 g/mol. The van der Waals surface area contributed by atoms with Crippen LogP contribution in [-0.4, -0.2) is 61.4 Å². The highest BCUT2D eigenvalue weighted by Gasteiger charge is 2.33. The van der Waals surface area contributed by atoms with E-state index in [1.807, 2.05) is 11.9 Å². The number of nitrogens with one attached hydrogen (secondary N) is 1. The zero-order chi connectivity index (χ0) is 19.2. The molecule has 6 heteroatoms. The summed E-state index contributed by atoms with van der Waals surface area (Å²) in [6.45, 7) is 3.81. The molecule has 148 valence electrons. The third kappa shape index (κ3) is 5.06. The molecule has 0 radical (unpaired) electrons.